The van der Waals surface area contributed by atoms with Crippen molar-refractivity contribution < 1.29 is 0 Å². The van der Waals surface area contributed by atoms with Crippen molar-refractivity contribution in [2.75, 3.05) is 6.54 Å². The smallest absolute Gasteiger partial charge is 0.0991 e. The van der Waals surface area contributed by atoms with Gasteiger partial charge < -0.3 is 5.32 Å². The Balaban J connectivity index is 1.72. The van der Waals surface area contributed by atoms with E-state index in [0.717, 1.165) is 24.6 Å². The summed E-state index contributed by atoms with van der Waals surface area (Å²) in [6, 6.07) is 8.13. The number of nitriles is 1. The molecule has 0 amide bonds. The number of hydrogen-bond acceptors (Lipinski definition) is 2. The van der Waals surface area contributed by atoms with Gasteiger partial charge in [-0.15, -0.1) is 0 Å². The summed E-state index contributed by atoms with van der Waals surface area (Å²) in [6.45, 7) is 4.12. The van der Waals surface area contributed by atoms with Gasteiger partial charge >= 0.3 is 0 Å². The zero-order chi connectivity index (χ0) is 13.5. The predicted octanol–water partition coefficient (Wildman–Crippen LogP) is 3.93. The van der Waals surface area contributed by atoms with Crippen LogP contribution in [0.1, 0.15) is 55.2 Å². The van der Waals surface area contributed by atoms with E-state index in [1.807, 2.05) is 12.1 Å². The van der Waals surface area contributed by atoms with Crippen LogP contribution in [0.25, 0.3) is 0 Å². The van der Waals surface area contributed by atoms with Crippen LogP contribution in [0.15, 0.2) is 18.2 Å². The van der Waals surface area contributed by atoms with Gasteiger partial charge in [0.05, 0.1) is 11.6 Å². The van der Waals surface area contributed by atoms with Crippen LogP contribution in [-0.4, -0.2) is 6.54 Å². The van der Waals surface area contributed by atoms with E-state index in [1.54, 1.807) is 0 Å². The van der Waals surface area contributed by atoms with E-state index in [-0.39, 0.29) is 0 Å². The van der Waals surface area contributed by atoms with Gasteiger partial charge in [0.25, 0.3) is 0 Å². The van der Waals surface area contributed by atoms with E-state index in [2.05, 4.69) is 24.4 Å². The second-order valence-corrected chi connectivity index (χ2v) is 5.72. The zero-order valence-corrected chi connectivity index (χ0v) is 11.9. The van der Waals surface area contributed by atoms with Crippen molar-refractivity contribution >= 4 is 0 Å². The molecule has 0 aromatic heterocycles. The Morgan fingerprint density at radius 1 is 1.26 bits per heavy atom. The summed E-state index contributed by atoms with van der Waals surface area (Å²) in [4.78, 5) is 0. The largest absolute Gasteiger partial charge is 0.313 e. The first-order valence-electron chi connectivity index (χ1n) is 7.50. The molecule has 19 heavy (non-hydrogen) atoms. The van der Waals surface area contributed by atoms with E-state index >= 15 is 0 Å². The average molecular weight is 256 g/mol. The second kappa shape index (κ2) is 7.31. The lowest BCUT2D eigenvalue weighted by Crippen LogP contribution is -2.19. The van der Waals surface area contributed by atoms with E-state index < -0.39 is 0 Å². The molecule has 0 radical (unpaired) electrons. The minimum Gasteiger partial charge on any atom is -0.313 e. The summed E-state index contributed by atoms with van der Waals surface area (Å²) >= 11 is 0. The van der Waals surface area contributed by atoms with Gasteiger partial charge in [-0.1, -0.05) is 38.2 Å². The molecule has 1 aliphatic carbocycles. The molecule has 1 aromatic carbocycles. The molecule has 2 nitrogen and oxygen atoms in total. The molecule has 0 unspecified atom stereocenters. The van der Waals surface area contributed by atoms with Crippen molar-refractivity contribution in [2.24, 2.45) is 5.92 Å². The molecule has 2 heteroatoms. The normalized spacial score (nSPS) is 16.2. The number of rotatable bonds is 5. The monoisotopic (exact) mass is 256 g/mol. The number of nitrogens with one attached hydrogen (secondary N) is 1. The van der Waals surface area contributed by atoms with Gasteiger partial charge in [0.1, 0.15) is 0 Å². The number of benzene rings is 1. The summed E-state index contributed by atoms with van der Waals surface area (Å²) in [5.74, 6) is 0.948. The van der Waals surface area contributed by atoms with E-state index in [4.69, 9.17) is 5.26 Å². The van der Waals surface area contributed by atoms with E-state index in [1.165, 1.54) is 49.7 Å². The van der Waals surface area contributed by atoms with Gasteiger partial charge in [-0.3, -0.25) is 0 Å². The summed E-state index contributed by atoms with van der Waals surface area (Å²) in [7, 11) is 0. The number of aryl methyl sites for hydroxylation is 1. The minimum absolute atomic E-state index is 0.753. The Hall–Kier alpha value is -1.33. The average Bonchev–Trinajstić information content (AvgIpc) is 2.46. The van der Waals surface area contributed by atoms with Gasteiger partial charge in [0.15, 0.2) is 0 Å². The first-order valence-corrected chi connectivity index (χ1v) is 7.50. The Kier molecular flexibility index (Phi) is 5.42. The van der Waals surface area contributed by atoms with Crippen LogP contribution in [-0.2, 0) is 6.54 Å². The summed E-state index contributed by atoms with van der Waals surface area (Å²) in [6.07, 6.45) is 8.47. The topological polar surface area (TPSA) is 35.8 Å². The van der Waals surface area contributed by atoms with Gasteiger partial charge in [-0.2, -0.15) is 5.26 Å². The number of nitrogens with zero attached hydrogens (tertiary/aromatic N) is 1. The lowest BCUT2D eigenvalue weighted by Gasteiger charge is -2.21. The van der Waals surface area contributed by atoms with Crippen molar-refractivity contribution in [1.82, 2.24) is 5.32 Å². The van der Waals surface area contributed by atoms with Gasteiger partial charge in [-0.05, 0) is 49.1 Å². The van der Waals surface area contributed by atoms with E-state index in [0.29, 0.717) is 0 Å². The summed E-state index contributed by atoms with van der Waals surface area (Å²) in [5.41, 5.74) is 3.27. The first kappa shape index (κ1) is 14.1. The Morgan fingerprint density at radius 3 is 2.74 bits per heavy atom. The standard InChI is InChI=1S/C17H24N2/c1-14-11-16(12-18)7-8-17(14)13-19-10-9-15-5-3-2-4-6-15/h7-8,11,15,19H,2-6,9-10,13H2,1H3. The SMILES string of the molecule is Cc1cc(C#N)ccc1CNCCC1CCCCC1. The van der Waals surface area contributed by atoms with Crippen LogP contribution < -0.4 is 5.32 Å². The van der Waals surface area contributed by atoms with E-state index in [9.17, 15) is 0 Å². The lowest BCUT2D eigenvalue weighted by molar-refractivity contribution is 0.334. The predicted molar refractivity (Wildman–Crippen MR) is 78.8 cm³/mol. The van der Waals surface area contributed by atoms with Crippen LogP contribution in [0.4, 0.5) is 0 Å². The van der Waals surface area contributed by atoms with Gasteiger partial charge in [0.2, 0.25) is 0 Å². The molecule has 2 rings (SSSR count). The highest BCUT2D eigenvalue weighted by molar-refractivity contribution is 5.37. The van der Waals surface area contributed by atoms with Gasteiger partial charge in [-0.25, -0.2) is 0 Å². The fraction of sp³-hybridized carbons (Fsp3) is 0.588. The molecule has 0 aliphatic heterocycles. The Morgan fingerprint density at radius 2 is 2.05 bits per heavy atom. The molecule has 0 bridgehead atoms. The van der Waals surface area contributed by atoms with Gasteiger partial charge in [0, 0.05) is 6.54 Å². The second-order valence-electron chi connectivity index (χ2n) is 5.72. The Bertz CT molecular complexity index is 439. The molecule has 1 saturated carbocycles. The molecule has 102 valence electrons. The summed E-state index contributed by atoms with van der Waals surface area (Å²) in [5, 5.41) is 12.4. The molecule has 1 aliphatic rings. The fourth-order valence-corrected chi connectivity index (χ4v) is 2.97. The van der Waals surface area contributed by atoms with Crippen molar-refractivity contribution in [3.8, 4) is 6.07 Å². The maximum absolute atomic E-state index is 8.85. The summed E-state index contributed by atoms with van der Waals surface area (Å²) < 4.78 is 0. The van der Waals surface area contributed by atoms with Crippen molar-refractivity contribution in [3.63, 3.8) is 0 Å². The molecule has 1 N–H and O–H groups in total. The number of hydrogen-bond donors (Lipinski definition) is 1. The van der Waals surface area contributed by atoms with Crippen LogP contribution >= 0.6 is 0 Å². The molecular formula is C17H24N2. The highest BCUT2D eigenvalue weighted by atomic mass is 14.8. The molecule has 1 aromatic rings. The molecule has 0 saturated heterocycles. The van der Waals surface area contributed by atoms with Crippen LogP contribution in [0.2, 0.25) is 0 Å². The highest BCUT2D eigenvalue weighted by Crippen LogP contribution is 2.25. The Labute approximate surface area is 116 Å². The third-order valence-electron chi connectivity index (χ3n) is 4.24. The minimum atomic E-state index is 0.753. The van der Waals surface area contributed by atoms with Crippen molar-refractivity contribution in [1.29, 1.82) is 5.26 Å². The third kappa shape index (κ3) is 4.36. The fourth-order valence-electron chi connectivity index (χ4n) is 2.97. The van der Waals surface area contributed by atoms with Crippen LogP contribution in [0.5, 0.6) is 0 Å². The first-order chi connectivity index (χ1) is 9.29. The molecule has 0 spiro atoms. The van der Waals surface area contributed by atoms with Crippen molar-refractivity contribution in [2.45, 2.75) is 52.0 Å². The van der Waals surface area contributed by atoms with Crippen molar-refractivity contribution in [3.05, 3.63) is 34.9 Å². The maximum atomic E-state index is 8.85. The van der Waals surface area contributed by atoms with Crippen LogP contribution in [0.3, 0.4) is 0 Å². The molecule has 0 heterocycles. The highest BCUT2D eigenvalue weighted by Gasteiger charge is 2.12. The van der Waals surface area contributed by atoms with Crippen LogP contribution in [0, 0.1) is 24.2 Å². The lowest BCUT2D eigenvalue weighted by atomic mass is 9.87. The molecule has 0 atom stereocenters. The molecule has 1 fully saturated rings. The molecular weight excluding hydrogens is 232 g/mol. The third-order valence-corrected chi connectivity index (χ3v) is 4.24. The zero-order valence-electron chi connectivity index (χ0n) is 11.9. The maximum Gasteiger partial charge on any atom is 0.0991 e. The quantitative estimate of drug-likeness (QED) is 0.810.